The fraction of sp³-hybridized carbons (Fsp3) is 0.0588. The van der Waals surface area contributed by atoms with Crippen molar-refractivity contribution in [2.24, 2.45) is 0 Å². The Morgan fingerprint density at radius 3 is 2.75 bits per heavy atom. The number of carboxylic acids is 1. The van der Waals surface area contributed by atoms with E-state index in [0.29, 0.717) is 17.0 Å². The van der Waals surface area contributed by atoms with Crippen LogP contribution in [0.25, 0.3) is 16.4 Å². The number of rotatable bonds is 3. The Bertz CT molecular complexity index is 1070. The van der Waals surface area contributed by atoms with Gasteiger partial charge in [-0.15, -0.1) is 0 Å². The van der Waals surface area contributed by atoms with E-state index in [4.69, 9.17) is 0 Å². The monoisotopic (exact) mass is 319 g/mol. The largest absolute Gasteiger partial charge is 0.476 e. The molecule has 0 bridgehead atoms. The third kappa shape index (κ3) is 2.32. The zero-order chi connectivity index (χ0) is 16.7. The molecule has 0 radical (unpaired) electrons. The summed E-state index contributed by atoms with van der Waals surface area (Å²) in [7, 11) is 0. The van der Waals surface area contributed by atoms with Crippen molar-refractivity contribution in [3.8, 4) is 0 Å². The second-order valence-electron chi connectivity index (χ2n) is 5.45. The Balaban J connectivity index is 1.94. The predicted molar refractivity (Wildman–Crippen MR) is 89.7 cm³/mol. The molecular formula is C17H13N5O2. The number of nitrogens with one attached hydrogen (secondary N) is 1. The first-order chi connectivity index (χ1) is 11.6. The molecule has 4 aromatic rings. The lowest BCUT2D eigenvalue weighted by Crippen LogP contribution is -2.05. The molecule has 0 saturated heterocycles. The summed E-state index contributed by atoms with van der Waals surface area (Å²) in [6, 6.07) is 11.1. The molecule has 118 valence electrons. The van der Waals surface area contributed by atoms with Gasteiger partial charge in [0, 0.05) is 23.5 Å². The number of aryl methyl sites for hydroxylation is 1. The molecule has 2 N–H and O–H groups in total. The van der Waals surface area contributed by atoms with Crippen LogP contribution in [0.3, 0.4) is 0 Å². The van der Waals surface area contributed by atoms with E-state index in [2.05, 4.69) is 20.4 Å². The molecule has 7 heteroatoms. The van der Waals surface area contributed by atoms with Crippen molar-refractivity contribution in [2.75, 3.05) is 5.32 Å². The number of hydrogen-bond donors (Lipinski definition) is 2. The molecular weight excluding hydrogens is 306 g/mol. The minimum atomic E-state index is -1.09. The van der Waals surface area contributed by atoms with E-state index >= 15 is 0 Å². The van der Waals surface area contributed by atoms with Crippen molar-refractivity contribution in [2.45, 2.75) is 6.92 Å². The van der Waals surface area contributed by atoms with Gasteiger partial charge in [0.25, 0.3) is 0 Å². The van der Waals surface area contributed by atoms with E-state index in [1.807, 2.05) is 31.2 Å². The lowest BCUT2D eigenvalue weighted by atomic mass is 10.2. The molecule has 0 saturated carbocycles. The van der Waals surface area contributed by atoms with Gasteiger partial charge in [-0.1, -0.05) is 17.7 Å². The van der Waals surface area contributed by atoms with Crippen LogP contribution in [0.2, 0.25) is 0 Å². The molecule has 1 aromatic carbocycles. The minimum Gasteiger partial charge on any atom is -0.476 e. The van der Waals surface area contributed by atoms with Crippen LogP contribution in [0.5, 0.6) is 0 Å². The highest BCUT2D eigenvalue weighted by molar-refractivity contribution is 5.97. The van der Waals surface area contributed by atoms with Crippen LogP contribution in [0, 0.1) is 6.92 Å². The molecule has 0 aliphatic rings. The number of benzene rings is 1. The number of aromatic carboxylic acids is 1. The molecule has 0 aliphatic carbocycles. The molecule has 3 heterocycles. The molecule has 3 aromatic heterocycles. The van der Waals surface area contributed by atoms with E-state index < -0.39 is 5.97 Å². The normalized spacial score (nSPS) is 11.0. The van der Waals surface area contributed by atoms with Gasteiger partial charge in [-0.3, -0.25) is 4.98 Å². The Morgan fingerprint density at radius 1 is 1.21 bits per heavy atom. The minimum absolute atomic E-state index is 0.0416. The number of hydrogen-bond acceptors (Lipinski definition) is 5. The van der Waals surface area contributed by atoms with Gasteiger partial charge in [0.1, 0.15) is 0 Å². The zero-order valence-electron chi connectivity index (χ0n) is 12.8. The van der Waals surface area contributed by atoms with Gasteiger partial charge < -0.3 is 10.4 Å². The first-order valence-electron chi connectivity index (χ1n) is 7.32. The van der Waals surface area contributed by atoms with Gasteiger partial charge in [-0.2, -0.15) is 9.61 Å². The number of carboxylic acid groups (broad SMARTS) is 1. The van der Waals surface area contributed by atoms with Gasteiger partial charge in [0.05, 0.1) is 11.0 Å². The lowest BCUT2D eigenvalue weighted by molar-refractivity contribution is 0.0690. The van der Waals surface area contributed by atoms with Crippen LogP contribution >= 0.6 is 0 Å². The van der Waals surface area contributed by atoms with Gasteiger partial charge in [-0.05, 0) is 31.2 Å². The summed E-state index contributed by atoms with van der Waals surface area (Å²) in [5, 5.41) is 17.3. The van der Waals surface area contributed by atoms with Gasteiger partial charge in [0.2, 0.25) is 5.95 Å². The highest BCUT2D eigenvalue weighted by Crippen LogP contribution is 2.24. The van der Waals surface area contributed by atoms with Crippen molar-refractivity contribution in [1.82, 2.24) is 19.6 Å². The van der Waals surface area contributed by atoms with E-state index in [1.54, 1.807) is 18.5 Å². The summed E-state index contributed by atoms with van der Waals surface area (Å²) in [6.07, 6.45) is 3.30. The van der Waals surface area contributed by atoms with Crippen LogP contribution < -0.4 is 5.32 Å². The summed E-state index contributed by atoms with van der Waals surface area (Å²) in [6.45, 7) is 2.01. The number of fused-ring (bicyclic) bond motifs is 3. The highest BCUT2D eigenvalue weighted by atomic mass is 16.4. The zero-order valence-corrected chi connectivity index (χ0v) is 12.8. The molecule has 0 unspecified atom stereocenters. The Morgan fingerprint density at radius 2 is 2.00 bits per heavy atom. The van der Waals surface area contributed by atoms with Crippen molar-refractivity contribution in [3.05, 3.63) is 60.0 Å². The third-order valence-electron chi connectivity index (χ3n) is 3.74. The highest BCUT2D eigenvalue weighted by Gasteiger charge is 2.15. The van der Waals surface area contributed by atoms with Crippen molar-refractivity contribution >= 4 is 34.0 Å². The number of aromatic nitrogens is 4. The average Bonchev–Trinajstić information content (AvgIpc) is 3.03. The fourth-order valence-electron chi connectivity index (χ4n) is 2.53. The maximum atomic E-state index is 11.3. The fourth-order valence-corrected chi connectivity index (χ4v) is 2.53. The summed E-state index contributed by atoms with van der Waals surface area (Å²) in [5.41, 5.74) is 3.30. The quantitative estimate of drug-likeness (QED) is 0.603. The molecule has 0 fully saturated rings. The number of anilines is 2. The summed E-state index contributed by atoms with van der Waals surface area (Å²) < 4.78 is 1.49. The van der Waals surface area contributed by atoms with Crippen molar-refractivity contribution in [1.29, 1.82) is 0 Å². The van der Waals surface area contributed by atoms with Crippen LogP contribution in [-0.4, -0.2) is 30.7 Å². The number of nitrogens with zero attached hydrogens (tertiary/aromatic N) is 4. The maximum absolute atomic E-state index is 11.3. The molecule has 0 spiro atoms. The predicted octanol–water partition coefficient (Wildman–Crippen LogP) is 3.03. The van der Waals surface area contributed by atoms with Crippen molar-refractivity contribution < 1.29 is 9.90 Å². The first kappa shape index (κ1) is 14.1. The van der Waals surface area contributed by atoms with E-state index in [0.717, 1.165) is 16.6 Å². The Labute approximate surface area is 136 Å². The average molecular weight is 319 g/mol. The first-order valence-corrected chi connectivity index (χ1v) is 7.32. The van der Waals surface area contributed by atoms with E-state index in [1.165, 1.54) is 10.6 Å². The standard InChI is InChI=1S/C17H13N5O2/c1-10-2-4-11(5-3-10)19-17-20-13-6-7-18-9-12(13)15-8-14(16(23)24)21-22(15)17/h2-9H,1H3,(H,19,20)(H,23,24). The molecule has 4 rings (SSSR count). The maximum Gasteiger partial charge on any atom is 0.356 e. The number of carbonyl (C=O) groups is 1. The lowest BCUT2D eigenvalue weighted by Gasteiger charge is -2.09. The van der Waals surface area contributed by atoms with Crippen LogP contribution in [0.1, 0.15) is 16.1 Å². The van der Waals surface area contributed by atoms with Crippen LogP contribution in [-0.2, 0) is 0 Å². The second kappa shape index (κ2) is 5.31. The van der Waals surface area contributed by atoms with Gasteiger partial charge in [0.15, 0.2) is 5.69 Å². The van der Waals surface area contributed by atoms with E-state index in [-0.39, 0.29) is 5.69 Å². The SMILES string of the molecule is Cc1ccc(Nc2nc3ccncc3c3cc(C(=O)O)nn23)cc1. The molecule has 7 nitrogen and oxygen atoms in total. The third-order valence-corrected chi connectivity index (χ3v) is 3.74. The van der Waals surface area contributed by atoms with Gasteiger partial charge >= 0.3 is 5.97 Å². The van der Waals surface area contributed by atoms with Crippen LogP contribution in [0.4, 0.5) is 11.6 Å². The Kier molecular flexibility index (Phi) is 3.13. The molecule has 24 heavy (non-hydrogen) atoms. The van der Waals surface area contributed by atoms with E-state index in [9.17, 15) is 9.90 Å². The topological polar surface area (TPSA) is 92.4 Å². The van der Waals surface area contributed by atoms with Crippen LogP contribution in [0.15, 0.2) is 48.8 Å². The summed E-state index contributed by atoms with van der Waals surface area (Å²) in [4.78, 5) is 19.9. The number of pyridine rings is 1. The summed E-state index contributed by atoms with van der Waals surface area (Å²) in [5.74, 6) is -0.642. The Hall–Kier alpha value is -3.48. The molecule has 0 amide bonds. The summed E-state index contributed by atoms with van der Waals surface area (Å²) >= 11 is 0. The molecule has 0 atom stereocenters. The van der Waals surface area contributed by atoms with Gasteiger partial charge in [-0.25, -0.2) is 9.78 Å². The molecule has 0 aliphatic heterocycles. The smallest absolute Gasteiger partial charge is 0.356 e. The second-order valence-corrected chi connectivity index (χ2v) is 5.45. The van der Waals surface area contributed by atoms with Crippen molar-refractivity contribution in [3.63, 3.8) is 0 Å².